The van der Waals surface area contributed by atoms with Crippen molar-refractivity contribution in [2.45, 2.75) is 38.4 Å². The highest BCUT2D eigenvalue weighted by Gasteiger charge is 2.36. The van der Waals surface area contributed by atoms with Gasteiger partial charge in [0.15, 0.2) is 0 Å². The highest BCUT2D eigenvalue weighted by Crippen LogP contribution is 2.26. The molecule has 0 amide bonds. The Hall–Kier alpha value is -0.610. The normalized spacial score (nSPS) is 34.0. The van der Waals surface area contributed by atoms with Gasteiger partial charge in [0.25, 0.3) is 0 Å². The SMILES string of the molecule is CCOC1(O)CCCCC1=NO. The molecule has 12 heavy (non-hydrogen) atoms. The van der Waals surface area contributed by atoms with E-state index in [0.29, 0.717) is 25.2 Å². The summed E-state index contributed by atoms with van der Waals surface area (Å²) in [6.45, 7) is 2.23. The molecule has 0 heterocycles. The highest BCUT2D eigenvalue weighted by atomic mass is 16.6. The minimum atomic E-state index is -1.30. The zero-order valence-electron chi connectivity index (χ0n) is 7.29. The number of hydrogen-bond acceptors (Lipinski definition) is 4. The van der Waals surface area contributed by atoms with Crippen LogP contribution in [-0.2, 0) is 4.74 Å². The largest absolute Gasteiger partial charge is 0.411 e. The van der Waals surface area contributed by atoms with Crippen LogP contribution in [0, 0.1) is 0 Å². The van der Waals surface area contributed by atoms with Crippen molar-refractivity contribution in [1.82, 2.24) is 0 Å². The van der Waals surface area contributed by atoms with E-state index in [4.69, 9.17) is 9.94 Å². The second-order valence-corrected chi connectivity index (χ2v) is 2.97. The van der Waals surface area contributed by atoms with E-state index >= 15 is 0 Å². The number of ether oxygens (including phenoxy) is 1. The third kappa shape index (κ3) is 1.76. The molecule has 70 valence electrons. The first-order valence-electron chi connectivity index (χ1n) is 4.30. The van der Waals surface area contributed by atoms with Crippen LogP contribution < -0.4 is 0 Å². The summed E-state index contributed by atoms with van der Waals surface area (Å²) in [5, 5.41) is 21.5. The van der Waals surface area contributed by atoms with Crippen LogP contribution in [0.5, 0.6) is 0 Å². The van der Waals surface area contributed by atoms with Crippen LogP contribution in [0.2, 0.25) is 0 Å². The first-order chi connectivity index (χ1) is 5.73. The van der Waals surface area contributed by atoms with Gasteiger partial charge in [-0.1, -0.05) is 5.16 Å². The number of aliphatic hydroxyl groups is 1. The Balaban J connectivity index is 2.69. The maximum Gasteiger partial charge on any atom is 0.209 e. The maximum atomic E-state index is 9.82. The second kappa shape index (κ2) is 3.87. The molecule has 1 atom stereocenters. The molecule has 0 aromatic rings. The second-order valence-electron chi connectivity index (χ2n) is 2.97. The van der Waals surface area contributed by atoms with Gasteiger partial charge < -0.3 is 15.1 Å². The first-order valence-corrected chi connectivity index (χ1v) is 4.30. The molecule has 0 radical (unpaired) electrons. The lowest BCUT2D eigenvalue weighted by molar-refractivity contribution is -0.158. The van der Waals surface area contributed by atoms with Crippen LogP contribution in [0.25, 0.3) is 0 Å². The zero-order valence-corrected chi connectivity index (χ0v) is 7.29. The molecule has 0 aromatic heterocycles. The first kappa shape index (κ1) is 9.48. The molecule has 0 aromatic carbocycles. The van der Waals surface area contributed by atoms with Gasteiger partial charge in [0.2, 0.25) is 5.79 Å². The third-order valence-electron chi connectivity index (χ3n) is 2.13. The quantitative estimate of drug-likeness (QED) is 0.373. The van der Waals surface area contributed by atoms with Crippen LogP contribution in [0.1, 0.15) is 32.6 Å². The van der Waals surface area contributed by atoms with Crippen molar-refractivity contribution in [3.05, 3.63) is 0 Å². The fourth-order valence-electron chi connectivity index (χ4n) is 1.52. The molecule has 1 aliphatic carbocycles. The van der Waals surface area contributed by atoms with Crippen molar-refractivity contribution >= 4 is 5.71 Å². The van der Waals surface area contributed by atoms with Crippen LogP contribution >= 0.6 is 0 Å². The Kier molecular flexibility index (Phi) is 3.05. The van der Waals surface area contributed by atoms with Crippen molar-refractivity contribution in [3.63, 3.8) is 0 Å². The van der Waals surface area contributed by atoms with Gasteiger partial charge in [-0.3, -0.25) is 0 Å². The average molecular weight is 173 g/mol. The van der Waals surface area contributed by atoms with E-state index in [1.54, 1.807) is 0 Å². The van der Waals surface area contributed by atoms with Gasteiger partial charge in [-0.15, -0.1) is 0 Å². The monoisotopic (exact) mass is 173 g/mol. The van der Waals surface area contributed by atoms with E-state index < -0.39 is 5.79 Å². The summed E-state index contributed by atoms with van der Waals surface area (Å²) in [4.78, 5) is 0. The predicted molar refractivity (Wildman–Crippen MR) is 44.3 cm³/mol. The van der Waals surface area contributed by atoms with E-state index in [-0.39, 0.29) is 0 Å². The molecular formula is C8H15NO3. The standard InChI is InChI=1S/C8H15NO3/c1-2-12-8(10)6-4-3-5-7(8)9-11/h10-11H,2-6H2,1H3. The molecule has 1 rings (SSSR count). The van der Waals surface area contributed by atoms with Crippen molar-refractivity contribution < 1.29 is 15.1 Å². The number of oxime groups is 1. The molecule has 2 N–H and O–H groups in total. The molecule has 0 aliphatic heterocycles. The maximum absolute atomic E-state index is 9.82. The molecule has 1 aliphatic rings. The lowest BCUT2D eigenvalue weighted by Gasteiger charge is -2.31. The number of rotatable bonds is 2. The lowest BCUT2D eigenvalue weighted by atomic mass is 9.92. The molecule has 0 bridgehead atoms. The van der Waals surface area contributed by atoms with Gasteiger partial charge in [-0.05, 0) is 26.2 Å². The predicted octanol–water partition coefficient (Wildman–Crippen LogP) is 1.12. The Morgan fingerprint density at radius 1 is 1.58 bits per heavy atom. The highest BCUT2D eigenvalue weighted by molar-refractivity contribution is 5.91. The van der Waals surface area contributed by atoms with Gasteiger partial charge in [-0.25, -0.2) is 0 Å². The summed E-state index contributed by atoms with van der Waals surface area (Å²) in [5.41, 5.74) is 0.357. The Labute approximate surface area is 71.8 Å². The summed E-state index contributed by atoms with van der Waals surface area (Å²) >= 11 is 0. The molecular weight excluding hydrogens is 158 g/mol. The van der Waals surface area contributed by atoms with Crippen molar-refractivity contribution in [2.24, 2.45) is 5.16 Å². The van der Waals surface area contributed by atoms with Crippen molar-refractivity contribution in [2.75, 3.05) is 6.61 Å². The molecule has 1 unspecified atom stereocenters. The molecule has 0 saturated heterocycles. The van der Waals surface area contributed by atoms with Crippen LogP contribution in [0.3, 0.4) is 0 Å². The molecule has 1 saturated carbocycles. The number of hydrogen-bond donors (Lipinski definition) is 2. The topological polar surface area (TPSA) is 62.0 Å². The van der Waals surface area contributed by atoms with Crippen molar-refractivity contribution in [3.8, 4) is 0 Å². The minimum Gasteiger partial charge on any atom is -0.411 e. The van der Waals surface area contributed by atoms with E-state index in [1.165, 1.54) is 0 Å². The minimum absolute atomic E-state index is 0.357. The smallest absolute Gasteiger partial charge is 0.209 e. The molecule has 4 nitrogen and oxygen atoms in total. The van der Waals surface area contributed by atoms with Gasteiger partial charge in [0.1, 0.15) is 5.71 Å². The van der Waals surface area contributed by atoms with Crippen LogP contribution in [0.15, 0.2) is 5.16 Å². The average Bonchev–Trinajstić information content (AvgIpc) is 2.05. The molecule has 0 spiro atoms. The molecule has 1 fully saturated rings. The van der Waals surface area contributed by atoms with Gasteiger partial charge in [-0.2, -0.15) is 0 Å². The summed E-state index contributed by atoms with van der Waals surface area (Å²) < 4.78 is 5.14. The Morgan fingerprint density at radius 3 is 2.92 bits per heavy atom. The van der Waals surface area contributed by atoms with Gasteiger partial charge in [0, 0.05) is 13.0 Å². The van der Waals surface area contributed by atoms with Gasteiger partial charge >= 0.3 is 0 Å². The zero-order chi connectivity index (χ0) is 9.03. The van der Waals surface area contributed by atoms with Crippen LogP contribution in [-0.4, -0.2) is 28.4 Å². The Morgan fingerprint density at radius 2 is 2.33 bits per heavy atom. The third-order valence-corrected chi connectivity index (χ3v) is 2.13. The van der Waals surface area contributed by atoms with Crippen molar-refractivity contribution in [1.29, 1.82) is 0 Å². The van der Waals surface area contributed by atoms with Crippen LogP contribution in [0.4, 0.5) is 0 Å². The van der Waals surface area contributed by atoms with E-state index in [2.05, 4.69) is 5.16 Å². The summed E-state index contributed by atoms with van der Waals surface area (Å²) in [6, 6.07) is 0. The van der Waals surface area contributed by atoms with E-state index in [0.717, 1.165) is 12.8 Å². The Bertz CT molecular complexity index is 177. The van der Waals surface area contributed by atoms with E-state index in [9.17, 15) is 5.11 Å². The summed E-state index contributed by atoms with van der Waals surface area (Å²) in [6.07, 6.45) is 3.01. The van der Waals surface area contributed by atoms with E-state index in [1.807, 2.05) is 6.92 Å². The van der Waals surface area contributed by atoms with Gasteiger partial charge in [0.05, 0.1) is 0 Å². The summed E-state index contributed by atoms with van der Waals surface area (Å²) in [5.74, 6) is -1.30. The fraction of sp³-hybridized carbons (Fsp3) is 0.875. The summed E-state index contributed by atoms with van der Waals surface area (Å²) in [7, 11) is 0. The fourth-order valence-corrected chi connectivity index (χ4v) is 1.52. The lowest BCUT2D eigenvalue weighted by Crippen LogP contribution is -2.44. The molecule has 4 heteroatoms. The number of nitrogens with zero attached hydrogens (tertiary/aromatic N) is 1.